The lowest BCUT2D eigenvalue weighted by atomic mass is 9.60. The molecule has 0 amide bonds. The third-order valence-electron chi connectivity index (χ3n) is 5.37. The van der Waals surface area contributed by atoms with Crippen LogP contribution < -0.4 is 0 Å². The van der Waals surface area contributed by atoms with Gasteiger partial charge in [-0.1, -0.05) is 36.8 Å². The molecule has 1 fully saturated rings. The van der Waals surface area contributed by atoms with Gasteiger partial charge >= 0.3 is 0 Å². The van der Waals surface area contributed by atoms with Gasteiger partial charge in [-0.25, -0.2) is 0 Å². The number of aryl methyl sites for hydroxylation is 2. The summed E-state index contributed by atoms with van der Waals surface area (Å²) in [5.74, 6) is 0.385. The van der Waals surface area contributed by atoms with E-state index in [1.165, 1.54) is 41.3 Å². The summed E-state index contributed by atoms with van der Waals surface area (Å²) in [6, 6.07) is 14.8. The van der Waals surface area contributed by atoms with Gasteiger partial charge in [0.1, 0.15) is 5.75 Å². The molecule has 112 valence electrons. The first kappa shape index (κ1) is 13.4. The molecule has 0 spiro atoms. The molecule has 1 saturated carbocycles. The normalized spacial score (nSPS) is 16.6. The summed E-state index contributed by atoms with van der Waals surface area (Å²) < 4.78 is 2.23. The van der Waals surface area contributed by atoms with Gasteiger partial charge in [-0.3, -0.25) is 0 Å². The Balaban J connectivity index is 1.95. The van der Waals surface area contributed by atoms with Gasteiger partial charge in [-0.05, 0) is 48.6 Å². The van der Waals surface area contributed by atoms with Gasteiger partial charge in [0.25, 0.3) is 0 Å². The highest BCUT2D eigenvalue weighted by Crippen LogP contribution is 2.51. The fourth-order valence-corrected chi connectivity index (χ4v) is 3.92. The molecule has 22 heavy (non-hydrogen) atoms. The Morgan fingerprint density at radius 3 is 2.55 bits per heavy atom. The third-order valence-corrected chi connectivity index (χ3v) is 5.37. The van der Waals surface area contributed by atoms with Crippen LogP contribution in [0.3, 0.4) is 0 Å². The number of phenols is 1. The maximum Gasteiger partial charge on any atom is 0.118 e. The van der Waals surface area contributed by atoms with E-state index in [0.29, 0.717) is 5.75 Å². The number of phenolic OH excluding ortho intramolecular Hbond substituents is 1. The summed E-state index contributed by atoms with van der Waals surface area (Å²) in [5.41, 5.74) is 5.13. The molecule has 1 heterocycles. The van der Waals surface area contributed by atoms with Crippen molar-refractivity contribution in [3.8, 4) is 5.75 Å². The summed E-state index contributed by atoms with van der Waals surface area (Å²) in [5, 5.41) is 11.2. The average Bonchev–Trinajstić information content (AvgIpc) is 2.80. The van der Waals surface area contributed by atoms with Crippen molar-refractivity contribution in [2.24, 2.45) is 7.05 Å². The number of aromatic hydroxyl groups is 1. The summed E-state index contributed by atoms with van der Waals surface area (Å²) in [6.45, 7) is 1.98. The minimum atomic E-state index is 0.110. The van der Waals surface area contributed by atoms with Crippen molar-refractivity contribution in [1.82, 2.24) is 4.57 Å². The van der Waals surface area contributed by atoms with Crippen LogP contribution in [-0.4, -0.2) is 9.67 Å². The van der Waals surface area contributed by atoms with E-state index in [0.717, 1.165) is 5.56 Å². The molecule has 2 nitrogen and oxygen atoms in total. The molecule has 4 rings (SSSR count). The van der Waals surface area contributed by atoms with E-state index in [1.54, 1.807) is 0 Å². The largest absolute Gasteiger partial charge is 0.508 e. The van der Waals surface area contributed by atoms with Crippen molar-refractivity contribution >= 4 is 10.9 Å². The van der Waals surface area contributed by atoms with Crippen LogP contribution >= 0.6 is 0 Å². The predicted octanol–water partition coefficient (Wildman–Crippen LogP) is 4.66. The van der Waals surface area contributed by atoms with Crippen molar-refractivity contribution in [3.05, 3.63) is 65.4 Å². The number of nitrogens with zero attached hydrogens (tertiary/aromatic N) is 1. The lowest BCUT2D eigenvalue weighted by Crippen LogP contribution is -2.35. The van der Waals surface area contributed by atoms with E-state index in [9.17, 15) is 5.11 Å². The second kappa shape index (κ2) is 4.64. The van der Waals surface area contributed by atoms with Gasteiger partial charge in [0.2, 0.25) is 0 Å². The van der Waals surface area contributed by atoms with Gasteiger partial charge in [0.05, 0.1) is 0 Å². The van der Waals surface area contributed by atoms with Gasteiger partial charge in [-0.2, -0.15) is 0 Å². The molecular formula is C20H21NO. The van der Waals surface area contributed by atoms with Crippen LogP contribution in [0.15, 0.2) is 48.7 Å². The molecule has 0 aliphatic heterocycles. The van der Waals surface area contributed by atoms with Gasteiger partial charge < -0.3 is 9.67 Å². The van der Waals surface area contributed by atoms with Crippen LogP contribution in [0, 0.1) is 6.92 Å². The van der Waals surface area contributed by atoms with Crippen LogP contribution in [0.1, 0.15) is 36.0 Å². The Hall–Kier alpha value is -2.22. The summed E-state index contributed by atoms with van der Waals surface area (Å²) >= 11 is 0. The molecule has 2 aromatic carbocycles. The van der Waals surface area contributed by atoms with E-state index in [4.69, 9.17) is 0 Å². The van der Waals surface area contributed by atoms with Crippen molar-refractivity contribution in [3.63, 3.8) is 0 Å². The second-order valence-corrected chi connectivity index (χ2v) is 6.61. The molecule has 1 N–H and O–H groups in total. The average molecular weight is 291 g/mol. The Labute approximate surface area is 131 Å². The van der Waals surface area contributed by atoms with Crippen LogP contribution in [0.25, 0.3) is 10.9 Å². The minimum absolute atomic E-state index is 0.110. The molecular weight excluding hydrogens is 270 g/mol. The van der Waals surface area contributed by atoms with Crippen molar-refractivity contribution < 1.29 is 5.11 Å². The molecule has 1 aromatic heterocycles. The number of fused-ring (bicyclic) bond motifs is 1. The lowest BCUT2D eigenvalue weighted by molar-refractivity contribution is 0.303. The summed E-state index contributed by atoms with van der Waals surface area (Å²) in [7, 11) is 2.13. The van der Waals surface area contributed by atoms with Crippen LogP contribution in [0.5, 0.6) is 5.75 Å². The zero-order valence-electron chi connectivity index (χ0n) is 13.1. The molecule has 2 heteroatoms. The molecule has 0 bridgehead atoms. The number of aromatic nitrogens is 1. The molecule has 0 saturated heterocycles. The highest BCUT2D eigenvalue weighted by Gasteiger charge is 2.42. The second-order valence-electron chi connectivity index (χ2n) is 6.61. The maximum atomic E-state index is 9.84. The van der Waals surface area contributed by atoms with Crippen molar-refractivity contribution in [1.29, 1.82) is 0 Å². The third kappa shape index (κ3) is 1.73. The lowest BCUT2D eigenvalue weighted by Gasteiger charge is -2.43. The Morgan fingerprint density at radius 2 is 1.86 bits per heavy atom. The van der Waals surface area contributed by atoms with E-state index in [-0.39, 0.29) is 5.41 Å². The monoisotopic (exact) mass is 291 g/mol. The van der Waals surface area contributed by atoms with E-state index in [1.807, 2.05) is 13.0 Å². The zero-order valence-corrected chi connectivity index (χ0v) is 13.1. The van der Waals surface area contributed by atoms with Gasteiger partial charge in [0.15, 0.2) is 0 Å². The first-order valence-corrected chi connectivity index (χ1v) is 7.96. The highest BCUT2D eigenvalue weighted by atomic mass is 16.3. The smallest absolute Gasteiger partial charge is 0.118 e. The topological polar surface area (TPSA) is 25.2 Å². The zero-order chi connectivity index (χ0) is 15.3. The maximum absolute atomic E-state index is 9.84. The van der Waals surface area contributed by atoms with E-state index in [2.05, 4.69) is 54.2 Å². The van der Waals surface area contributed by atoms with Gasteiger partial charge in [0, 0.05) is 29.6 Å². The quantitative estimate of drug-likeness (QED) is 0.729. The highest BCUT2D eigenvalue weighted by molar-refractivity contribution is 5.86. The molecule has 0 radical (unpaired) electrons. The number of benzene rings is 2. The Kier molecular flexibility index (Phi) is 2.83. The van der Waals surface area contributed by atoms with Crippen LogP contribution in [0.2, 0.25) is 0 Å². The first-order chi connectivity index (χ1) is 10.6. The Morgan fingerprint density at radius 1 is 1.09 bits per heavy atom. The summed E-state index contributed by atoms with van der Waals surface area (Å²) in [6.07, 6.45) is 5.94. The first-order valence-electron chi connectivity index (χ1n) is 7.96. The van der Waals surface area contributed by atoms with Crippen LogP contribution in [0.4, 0.5) is 0 Å². The van der Waals surface area contributed by atoms with Crippen molar-refractivity contribution in [2.75, 3.05) is 0 Å². The number of rotatable bonds is 2. The molecule has 0 atom stereocenters. The fraction of sp³-hybridized carbons (Fsp3) is 0.300. The summed E-state index contributed by atoms with van der Waals surface area (Å²) in [4.78, 5) is 0. The van der Waals surface area contributed by atoms with Crippen LogP contribution in [-0.2, 0) is 12.5 Å². The van der Waals surface area contributed by atoms with E-state index < -0.39 is 0 Å². The predicted molar refractivity (Wildman–Crippen MR) is 90.4 cm³/mol. The molecule has 1 aliphatic rings. The van der Waals surface area contributed by atoms with E-state index >= 15 is 0 Å². The Bertz CT molecular complexity index is 855. The minimum Gasteiger partial charge on any atom is -0.508 e. The molecule has 1 aliphatic carbocycles. The SMILES string of the molecule is Cc1cc(C2(c3cn(C)c4ccccc34)CCC2)ccc1O. The fourth-order valence-electron chi connectivity index (χ4n) is 3.92. The van der Waals surface area contributed by atoms with Crippen molar-refractivity contribution in [2.45, 2.75) is 31.6 Å². The molecule has 0 unspecified atom stereocenters. The number of para-hydroxylation sites is 1. The number of hydrogen-bond donors (Lipinski definition) is 1. The number of hydrogen-bond acceptors (Lipinski definition) is 1. The van der Waals surface area contributed by atoms with Gasteiger partial charge in [-0.15, -0.1) is 0 Å². The standard InChI is InChI=1S/C20H21NO/c1-14-12-15(8-9-19(14)22)20(10-5-11-20)17-13-21(2)18-7-4-3-6-16(17)18/h3-4,6-9,12-13,22H,5,10-11H2,1-2H3. The molecule has 3 aromatic rings.